The van der Waals surface area contributed by atoms with Crippen molar-refractivity contribution in [3.05, 3.63) is 27.7 Å². The van der Waals surface area contributed by atoms with Crippen LogP contribution in [-0.2, 0) is 22.4 Å². The van der Waals surface area contributed by atoms with Gasteiger partial charge in [0.25, 0.3) is 0 Å². The van der Waals surface area contributed by atoms with Crippen LogP contribution in [-0.4, -0.2) is 40.4 Å². The molecule has 0 heterocycles. The molecule has 0 fully saturated rings. The van der Waals surface area contributed by atoms with Crippen LogP contribution in [0.5, 0.6) is 0 Å². The number of rotatable bonds is 4. The molecule has 0 aliphatic rings. The van der Waals surface area contributed by atoms with E-state index in [1.807, 2.05) is 0 Å². The normalized spacial score (nSPS) is 10.8. The Bertz CT molecular complexity index is 564. The second-order valence-corrected chi connectivity index (χ2v) is 14.3. The van der Waals surface area contributed by atoms with Gasteiger partial charge in [-0.1, -0.05) is 0 Å². The van der Waals surface area contributed by atoms with Crippen molar-refractivity contribution < 1.29 is 22.4 Å². The molecule has 0 atom stereocenters. The molecule has 1 aromatic carbocycles. The van der Waals surface area contributed by atoms with E-state index in [1.54, 1.807) is 26.0 Å². The zero-order valence-corrected chi connectivity index (χ0v) is 18.5. The van der Waals surface area contributed by atoms with E-state index in [0.29, 0.717) is 3.12 Å². The first-order valence-electron chi connectivity index (χ1n) is 6.43. The first kappa shape index (κ1) is 19.1. The first-order valence-corrected chi connectivity index (χ1v) is 13.9. The second-order valence-electron chi connectivity index (χ2n) is 4.75. The summed E-state index contributed by atoms with van der Waals surface area (Å²) in [5, 5.41) is 0. The van der Waals surface area contributed by atoms with E-state index in [2.05, 4.69) is 15.9 Å². The molecule has 8 heteroatoms. The average Bonchev–Trinajstić information content (AvgIpc) is 2.22. The zero-order valence-electron chi connectivity index (χ0n) is 13.0. The molecule has 0 saturated carbocycles. The number of benzene rings is 1. The molecule has 0 bridgehead atoms. The Labute approximate surface area is 143 Å². The van der Waals surface area contributed by atoms with E-state index in [9.17, 15) is 14.4 Å². The predicted molar refractivity (Wildman–Crippen MR) is 84.3 cm³/mol. The van der Waals surface area contributed by atoms with Crippen LogP contribution >= 0.6 is 15.9 Å². The van der Waals surface area contributed by atoms with Crippen LogP contribution in [0.25, 0.3) is 0 Å². The third-order valence-corrected chi connectivity index (χ3v) is 15.0. The van der Waals surface area contributed by atoms with Crippen LogP contribution in [0.3, 0.4) is 0 Å². The molecule has 0 unspecified atom stereocenters. The van der Waals surface area contributed by atoms with Gasteiger partial charge in [-0.3, -0.25) is 0 Å². The van der Waals surface area contributed by atoms with Gasteiger partial charge in [0.05, 0.1) is 0 Å². The number of aryl methyl sites for hydroxylation is 2. The monoisotopic (exact) mass is 568 g/mol. The van der Waals surface area contributed by atoms with E-state index >= 15 is 0 Å². The Balaban J connectivity index is 3.62. The summed E-state index contributed by atoms with van der Waals surface area (Å²) in [6.07, 6.45) is 0. The number of carbonyl (C=O) groups excluding carboxylic acids is 3. The maximum absolute atomic E-state index is 11.5. The molecule has 0 N–H and O–H groups in total. The van der Waals surface area contributed by atoms with Crippen molar-refractivity contribution >= 4 is 59.5 Å². The van der Waals surface area contributed by atoms with E-state index in [0.717, 1.165) is 15.6 Å². The first-order chi connectivity index (χ1) is 10.1. The maximum atomic E-state index is 11.5. The summed E-state index contributed by atoms with van der Waals surface area (Å²) >= 11 is -1.76. The summed E-state index contributed by atoms with van der Waals surface area (Å²) in [6, 6.07) is 3.57. The molecule has 0 saturated heterocycles. The molecule has 120 valence electrons. The van der Waals surface area contributed by atoms with E-state index < -0.39 is 40.4 Å². The van der Waals surface area contributed by atoms with Gasteiger partial charge in [0.15, 0.2) is 0 Å². The van der Waals surface area contributed by atoms with Crippen molar-refractivity contribution in [2.75, 3.05) is 0 Å². The van der Waals surface area contributed by atoms with Crippen molar-refractivity contribution in [1.82, 2.24) is 0 Å². The number of carbonyl (C=O) groups is 3. The van der Waals surface area contributed by atoms with Crippen LogP contribution in [0, 0.1) is 13.8 Å². The molecule has 1 rings (SSSR count). The summed E-state index contributed by atoms with van der Waals surface area (Å²) in [5.74, 6) is -1.98. The molecular weight excluding hydrogens is 551 g/mol. The molecule has 0 amide bonds. The van der Waals surface area contributed by atoms with Gasteiger partial charge in [0, 0.05) is 0 Å². The van der Waals surface area contributed by atoms with Crippen molar-refractivity contribution in [1.29, 1.82) is 0 Å². The van der Waals surface area contributed by atoms with Crippen LogP contribution < -0.4 is 3.12 Å². The molecule has 22 heavy (non-hydrogen) atoms. The van der Waals surface area contributed by atoms with Crippen molar-refractivity contribution in [2.24, 2.45) is 0 Å². The van der Waals surface area contributed by atoms with Gasteiger partial charge in [-0.15, -0.1) is 0 Å². The third kappa shape index (κ3) is 4.77. The molecule has 0 spiro atoms. The Morgan fingerprint density at radius 2 is 1.18 bits per heavy atom. The second kappa shape index (κ2) is 7.53. The summed E-state index contributed by atoms with van der Waals surface area (Å²) in [7, 11) is 0. The van der Waals surface area contributed by atoms with Crippen LogP contribution in [0.2, 0.25) is 0 Å². The minimum absolute atomic E-state index is 0.510. The molecule has 0 aliphatic heterocycles. The third-order valence-electron chi connectivity index (χ3n) is 2.64. The quantitative estimate of drug-likeness (QED) is 0.517. The standard InChI is InChI=1S/C8H8Br.3C2H4O2.Pb/c1-6-3-7(2)5-8(9)4-6;3*1-2(3)4;/h4-5H,1-2H3;3*1H3,(H,3,4);/q;;;;+3/p-3. The van der Waals surface area contributed by atoms with Gasteiger partial charge in [-0.05, 0) is 0 Å². The van der Waals surface area contributed by atoms with Crippen molar-refractivity contribution in [3.63, 3.8) is 0 Å². The van der Waals surface area contributed by atoms with Gasteiger partial charge in [0.2, 0.25) is 0 Å². The van der Waals surface area contributed by atoms with Gasteiger partial charge in [0.1, 0.15) is 0 Å². The van der Waals surface area contributed by atoms with Crippen molar-refractivity contribution in [3.8, 4) is 0 Å². The molecule has 0 aliphatic carbocycles. The average molecular weight is 568 g/mol. The number of hydrogen-bond donors (Lipinski definition) is 0. The molecular formula is C14H17BrO6Pb. The van der Waals surface area contributed by atoms with E-state index in [1.165, 1.54) is 20.8 Å². The van der Waals surface area contributed by atoms with E-state index in [-0.39, 0.29) is 0 Å². The van der Waals surface area contributed by atoms with E-state index in [4.69, 9.17) is 8.06 Å². The summed E-state index contributed by atoms with van der Waals surface area (Å²) < 4.78 is 17.3. The van der Waals surface area contributed by atoms with Crippen LogP contribution in [0.4, 0.5) is 0 Å². The topological polar surface area (TPSA) is 78.9 Å². The van der Waals surface area contributed by atoms with Crippen molar-refractivity contribution in [2.45, 2.75) is 34.6 Å². The Kier molecular flexibility index (Phi) is 6.53. The Morgan fingerprint density at radius 3 is 1.45 bits per heavy atom. The SMILES string of the molecule is CC(=O)[O][Pb]([O]C(C)=O)([O]C(C)=O)[c]1c(C)cc(Br)cc1C. The summed E-state index contributed by atoms with van der Waals surface area (Å²) in [6.45, 7) is 7.11. The predicted octanol–water partition coefficient (Wildman–Crippen LogP) is 1.90. The fourth-order valence-electron chi connectivity index (χ4n) is 2.18. The number of hydrogen-bond acceptors (Lipinski definition) is 6. The molecule has 1 aromatic rings. The van der Waals surface area contributed by atoms with Crippen LogP contribution in [0.15, 0.2) is 16.6 Å². The summed E-state index contributed by atoms with van der Waals surface area (Å²) in [5.41, 5.74) is 1.44. The van der Waals surface area contributed by atoms with Gasteiger partial charge >= 0.3 is 144 Å². The minimum atomic E-state index is -5.13. The van der Waals surface area contributed by atoms with Gasteiger partial charge in [-0.25, -0.2) is 0 Å². The molecule has 0 radical (unpaired) electrons. The number of halogens is 1. The zero-order chi connectivity index (χ0) is 17.1. The molecule has 0 aromatic heterocycles. The summed E-state index contributed by atoms with van der Waals surface area (Å²) in [4.78, 5) is 34.6. The fourth-order valence-corrected chi connectivity index (χ4v) is 13.3. The van der Waals surface area contributed by atoms with Gasteiger partial charge < -0.3 is 0 Å². The fraction of sp³-hybridized carbons (Fsp3) is 0.357. The Hall–Kier alpha value is -0.968. The Morgan fingerprint density at radius 1 is 0.864 bits per heavy atom. The van der Waals surface area contributed by atoms with Crippen LogP contribution in [0.1, 0.15) is 31.9 Å². The van der Waals surface area contributed by atoms with Gasteiger partial charge in [-0.2, -0.15) is 0 Å². The molecule has 6 nitrogen and oxygen atoms in total.